The maximum absolute atomic E-state index is 13.9. The number of methoxy groups -OCH3 is 1. The maximum atomic E-state index is 13.9. The number of amidine groups is 1. The van der Waals surface area contributed by atoms with Crippen LogP contribution >= 0.6 is 0 Å². The molecule has 4 aliphatic rings. The number of hydrogen-bond acceptors (Lipinski definition) is 11. The molecule has 6 rings (SSSR count). The summed E-state index contributed by atoms with van der Waals surface area (Å²) in [6.45, 7) is 6.58. The lowest BCUT2D eigenvalue weighted by Crippen LogP contribution is -2.49. The van der Waals surface area contributed by atoms with Crippen LogP contribution in [0.5, 0.6) is 17.2 Å². The van der Waals surface area contributed by atoms with E-state index in [2.05, 4.69) is 4.90 Å². The standard InChI is InChI=1S/C34H40N2O10/c1-16-29(38)21(35-18(3)36-11-6-5-7-12-36)13-24(45-16)46-23-15-34(43,17(2)37)14-20-26(23)33(42)28-27(31(20)40)30(39)19-9-8-10-22(44-4)25(19)32(28)41/h8-10,16,21,23-24,29,38,40,42-43H,5-7,11-15H2,1-4H3/t16?,21-,23-,24?,29?,34?/m0/s1. The van der Waals surface area contributed by atoms with Gasteiger partial charge in [-0.1, -0.05) is 12.1 Å². The van der Waals surface area contributed by atoms with E-state index in [9.17, 15) is 34.8 Å². The topological polar surface area (TPSA) is 175 Å². The van der Waals surface area contributed by atoms with Crippen molar-refractivity contribution < 1.29 is 49.0 Å². The first-order valence-electron chi connectivity index (χ1n) is 15.7. The predicted octanol–water partition coefficient (Wildman–Crippen LogP) is 2.97. The van der Waals surface area contributed by atoms with Crippen molar-refractivity contribution in [1.82, 2.24) is 4.90 Å². The van der Waals surface area contributed by atoms with E-state index in [4.69, 9.17) is 19.2 Å². The Labute approximate surface area is 266 Å². The number of carbonyl (C=O) groups excluding carboxylic acids is 3. The van der Waals surface area contributed by atoms with Crippen molar-refractivity contribution in [3.05, 3.63) is 51.6 Å². The largest absolute Gasteiger partial charge is 0.507 e. The van der Waals surface area contributed by atoms with Gasteiger partial charge in [0, 0.05) is 49.0 Å². The molecule has 0 radical (unpaired) electrons. The van der Waals surface area contributed by atoms with E-state index in [1.165, 1.54) is 32.2 Å². The molecule has 12 nitrogen and oxygen atoms in total. The summed E-state index contributed by atoms with van der Waals surface area (Å²) in [5.41, 5.74) is -2.98. The molecule has 246 valence electrons. The number of carbonyl (C=O) groups is 3. The van der Waals surface area contributed by atoms with Crippen LogP contribution in [0.4, 0.5) is 0 Å². The summed E-state index contributed by atoms with van der Waals surface area (Å²) in [5, 5.41) is 45.7. The molecule has 46 heavy (non-hydrogen) atoms. The number of ketones is 3. The molecular weight excluding hydrogens is 596 g/mol. The van der Waals surface area contributed by atoms with Crippen LogP contribution < -0.4 is 4.74 Å². The fourth-order valence-electron chi connectivity index (χ4n) is 7.27. The number of likely N-dealkylation sites (tertiary alicyclic amines) is 1. The third-order valence-electron chi connectivity index (χ3n) is 9.89. The number of phenols is 2. The second kappa shape index (κ2) is 12.1. The lowest BCUT2D eigenvalue weighted by atomic mass is 9.72. The van der Waals surface area contributed by atoms with Crippen LogP contribution in [0.15, 0.2) is 23.2 Å². The van der Waals surface area contributed by atoms with Crippen molar-refractivity contribution in [2.24, 2.45) is 4.99 Å². The van der Waals surface area contributed by atoms with Gasteiger partial charge >= 0.3 is 0 Å². The number of ether oxygens (including phenoxy) is 3. The molecule has 2 aliphatic carbocycles. The Hall–Kier alpha value is -3.84. The Bertz CT molecular complexity index is 1630. The minimum Gasteiger partial charge on any atom is -0.507 e. The van der Waals surface area contributed by atoms with Gasteiger partial charge in [-0.2, -0.15) is 0 Å². The molecule has 0 saturated carbocycles. The second-order valence-electron chi connectivity index (χ2n) is 12.8. The Balaban J connectivity index is 1.40. The van der Waals surface area contributed by atoms with Crippen LogP contribution in [0.25, 0.3) is 0 Å². The highest BCUT2D eigenvalue weighted by atomic mass is 16.7. The van der Waals surface area contributed by atoms with Crippen molar-refractivity contribution in [2.45, 2.75) is 95.5 Å². The van der Waals surface area contributed by atoms with Crippen molar-refractivity contribution >= 4 is 23.2 Å². The first-order valence-corrected chi connectivity index (χ1v) is 15.7. The summed E-state index contributed by atoms with van der Waals surface area (Å²) in [4.78, 5) is 47.3. The molecule has 0 bridgehead atoms. The minimum atomic E-state index is -2.01. The van der Waals surface area contributed by atoms with Gasteiger partial charge < -0.3 is 39.5 Å². The fourth-order valence-corrected chi connectivity index (χ4v) is 7.27. The Kier molecular flexibility index (Phi) is 8.43. The van der Waals surface area contributed by atoms with Crippen molar-refractivity contribution in [3.8, 4) is 17.2 Å². The molecule has 2 fully saturated rings. The molecule has 12 heteroatoms. The van der Waals surface area contributed by atoms with Gasteiger partial charge in [-0.15, -0.1) is 0 Å². The average Bonchev–Trinajstić information content (AvgIpc) is 3.03. The molecule has 0 aromatic heterocycles. The molecule has 2 aromatic rings. The molecule has 2 aromatic carbocycles. The first kappa shape index (κ1) is 32.1. The summed E-state index contributed by atoms with van der Waals surface area (Å²) in [6, 6.07) is 3.90. The van der Waals surface area contributed by atoms with Crippen molar-refractivity contribution in [3.63, 3.8) is 0 Å². The maximum Gasteiger partial charge on any atom is 0.202 e. The summed E-state index contributed by atoms with van der Waals surface area (Å²) < 4.78 is 17.7. The van der Waals surface area contributed by atoms with Gasteiger partial charge in [0.1, 0.15) is 29.0 Å². The number of Topliss-reactive ketones (excluding diaryl/α,β-unsaturated/α-hetero) is 1. The van der Waals surface area contributed by atoms with Crippen molar-refractivity contribution in [1.29, 1.82) is 0 Å². The molecule has 2 heterocycles. The number of hydrogen-bond donors (Lipinski definition) is 4. The van der Waals surface area contributed by atoms with Gasteiger partial charge in [-0.05, 0) is 46.1 Å². The second-order valence-corrected chi connectivity index (χ2v) is 12.8. The third-order valence-corrected chi connectivity index (χ3v) is 9.89. The number of nitrogens with zero attached hydrogens (tertiary/aromatic N) is 2. The van der Waals surface area contributed by atoms with Gasteiger partial charge in [-0.3, -0.25) is 19.4 Å². The average molecular weight is 637 g/mol. The van der Waals surface area contributed by atoms with Crippen LogP contribution in [0.2, 0.25) is 0 Å². The number of aliphatic imine (C=N–C) groups is 1. The SMILES string of the molecule is COc1cccc2c1C(=O)c1c(O)c3c(c(O)c1C2=O)CC(O)(C(C)=O)C[C@@H]3OC1C[C@H](N=C(C)N2CCCCC2)C(O)C(C)O1. The van der Waals surface area contributed by atoms with Gasteiger partial charge in [-0.25, -0.2) is 0 Å². The van der Waals surface area contributed by atoms with Crippen molar-refractivity contribution in [2.75, 3.05) is 20.2 Å². The predicted molar refractivity (Wildman–Crippen MR) is 165 cm³/mol. The molecule has 2 saturated heterocycles. The number of aromatic hydroxyl groups is 2. The minimum absolute atomic E-state index is 0.00784. The smallest absolute Gasteiger partial charge is 0.202 e. The Morgan fingerprint density at radius 1 is 1.04 bits per heavy atom. The van der Waals surface area contributed by atoms with E-state index in [-0.39, 0.29) is 40.8 Å². The monoisotopic (exact) mass is 636 g/mol. The van der Waals surface area contributed by atoms with E-state index in [0.29, 0.717) is 0 Å². The summed E-state index contributed by atoms with van der Waals surface area (Å²) >= 11 is 0. The zero-order chi connectivity index (χ0) is 33.1. The molecule has 2 aliphatic heterocycles. The third kappa shape index (κ3) is 5.26. The van der Waals surface area contributed by atoms with E-state index in [0.717, 1.165) is 38.2 Å². The Morgan fingerprint density at radius 2 is 1.74 bits per heavy atom. The summed E-state index contributed by atoms with van der Waals surface area (Å²) in [5.74, 6) is -2.31. The van der Waals surface area contributed by atoms with Crippen LogP contribution in [0.3, 0.4) is 0 Å². The number of aliphatic hydroxyl groups excluding tert-OH is 1. The van der Waals surface area contributed by atoms with E-state index >= 15 is 0 Å². The highest BCUT2D eigenvalue weighted by Crippen LogP contribution is 2.52. The van der Waals surface area contributed by atoms with E-state index in [1.54, 1.807) is 6.92 Å². The number of aliphatic hydroxyl groups is 2. The number of rotatable bonds is 5. The molecule has 6 atom stereocenters. The molecule has 0 spiro atoms. The van der Waals surface area contributed by atoms with Crippen LogP contribution in [-0.4, -0.2) is 98.9 Å². The number of benzene rings is 2. The van der Waals surface area contributed by atoms with Gasteiger partial charge in [0.15, 0.2) is 17.9 Å². The van der Waals surface area contributed by atoms with Gasteiger partial charge in [0.2, 0.25) is 5.78 Å². The summed E-state index contributed by atoms with van der Waals surface area (Å²) in [7, 11) is 1.35. The van der Waals surface area contributed by atoms with E-state index < -0.39 is 82.6 Å². The molecule has 4 N–H and O–H groups in total. The van der Waals surface area contributed by atoms with Gasteiger partial charge in [0.25, 0.3) is 0 Å². The highest BCUT2D eigenvalue weighted by Gasteiger charge is 2.49. The number of phenolic OH excluding ortho intramolecular Hbond substituents is 2. The first-order chi connectivity index (χ1) is 21.9. The molecular formula is C34H40N2O10. The molecule has 4 unspecified atom stereocenters. The quantitative estimate of drug-likeness (QED) is 0.184. The van der Waals surface area contributed by atoms with Crippen LogP contribution in [0.1, 0.15) is 102 Å². The van der Waals surface area contributed by atoms with Gasteiger partial charge in [0.05, 0.1) is 47.9 Å². The van der Waals surface area contributed by atoms with Crippen LogP contribution in [-0.2, 0) is 20.7 Å². The zero-order valence-electron chi connectivity index (χ0n) is 26.4. The normalized spacial score (nSPS) is 29.6. The Morgan fingerprint density at radius 3 is 2.41 bits per heavy atom. The summed E-state index contributed by atoms with van der Waals surface area (Å²) in [6.07, 6.45) is -1.16. The van der Waals surface area contributed by atoms with E-state index in [1.807, 2.05) is 6.92 Å². The lowest BCUT2D eigenvalue weighted by molar-refractivity contribution is -0.247. The van der Waals surface area contributed by atoms with Crippen LogP contribution in [0, 0.1) is 0 Å². The molecule has 0 amide bonds. The lowest BCUT2D eigenvalue weighted by Gasteiger charge is -2.42. The highest BCUT2D eigenvalue weighted by molar-refractivity contribution is 6.31. The number of piperidine rings is 1. The fraction of sp³-hybridized carbons (Fsp3) is 0.529. The number of fused-ring (bicyclic) bond motifs is 3. The zero-order valence-corrected chi connectivity index (χ0v) is 26.4.